The van der Waals surface area contributed by atoms with E-state index < -0.39 is 0 Å². The molecule has 2 aliphatic heterocycles. The molecule has 1 aromatic carbocycles. The monoisotopic (exact) mass is 448 g/mol. The Balaban J connectivity index is 1.44. The first-order valence-corrected chi connectivity index (χ1v) is 11.7. The summed E-state index contributed by atoms with van der Waals surface area (Å²) in [5.41, 5.74) is 3.42. The predicted octanol–water partition coefficient (Wildman–Crippen LogP) is 3.14. The maximum atomic E-state index is 12.8. The molecule has 0 saturated carbocycles. The quantitative estimate of drug-likeness (QED) is 0.609. The van der Waals surface area contributed by atoms with Gasteiger partial charge < -0.3 is 4.90 Å². The van der Waals surface area contributed by atoms with Crippen LogP contribution < -0.4 is 4.90 Å². The van der Waals surface area contributed by atoms with E-state index in [1.54, 1.807) is 10.3 Å². The molecule has 1 atom stereocenters. The summed E-state index contributed by atoms with van der Waals surface area (Å²) in [6, 6.07) is 9.97. The number of anilines is 1. The van der Waals surface area contributed by atoms with Gasteiger partial charge in [-0.05, 0) is 43.3 Å². The Labute approximate surface area is 190 Å². The van der Waals surface area contributed by atoms with Crippen molar-refractivity contribution in [2.75, 3.05) is 18.0 Å². The number of benzene rings is 1. The zero-order valence-electron chi connectivity index (χ0n) is 17.9. The van der Waals surface area contributed by atoms with Gasteiger partial charge in [0.15, 0.2) is 5.69 Å². The van der Waals surface area contributed by atoms with Crippen LogP contribution in [0.25, 0.3) is 0 Å². The van der Waals surface area contributed by atoms with Gasteiger partial charge in [-0.15, -0.1) is 5.10 Å². The Morgan fingerprint density at radius 1 is 1.19 bits per heavy atom. The Bertz CT molecular complexity index is 1130. The molecule has 1 saturated heterocycles. The second-order valence-corrected chi connectivity index (χ2v) is 8.93. The van der Waals surface area contributed by atoms with Crippen molar-refractivity contribution in [3.05, 3.63) is 64.1 Å². The van der Waals surface area contributed by atoms with E-state index in [2.05, 4.69) is 9.59 Å². The van der Waals surface area contributed by atoms with Gasteiger partial charge in [0, 0.05) is 42.1 Å². The molecule has 164 valence electrons. The van der Waals surface area contributed by atoms with Crippen LogP contribution in [-0.4, -0.2) is 49.4 Å². The number of piperidine rings is 1. The lowest BCUT2D eigenvalue weighted by Crippen LogP contribution is -2.40. The number of aryl methyl sites for hydroxylation is 1. The summed E-state index contributed by atoms with van der Waals surface area (Å²) in [6.07, 6.45) is 2.92. The van der Waals surface area contributed by atoms with Gasteiger partial charge in [-0.3, -0.25) is 14.5 Å². The molecule has 1 unspecified atom stereocenters. The van der Waals surface area contributed by atoms with Crippen molar-refractivity contribution in [2.45, 2.75) is 45.1 Å². The van der Waals surface area contributed by atoms with E-state index in [9.17, 15) is 9.59 Å². The van der Waals surface area contributed by atoms with Crippen molar-refractivity contribution in [1.29, 1.82) is 0 Å². The molecule has 32 heavy (non-hydrogen) atoms. The molecule has 3 aromatic rings. The second-order valence-electron chi connectivity index (χ2n) is 8.32. The molecule has 0 aliphatic carbocycles. The highest BCUT2D eigenvalue weighted by molar-refractivity contribution is 7.03. The molecule has 9 heteroatoms. The van der Waals surface area contributed by atoms with Crippen LogP contribution in [0.1, 0.15) is 58.3 Å². The minimum atomic E-state index is -0.0981. The van der Waals surface area contributed by atoms with E-state index in [4.69, 9.17) is 9.97 Å². The molecule has 2 aliphatic rings. The predicted molar refractivity (Wildman–Crippen MR) is 121 cm³/mol. The average molecular weight is 449 g/mol. The van der Waals surface area contributed by atoms with Crippen LogP contribution in [0.3, 0.4) is 0 Å². The molecular weight excluding hydrogens is 424 g/mol. The summed E-state index contributed by atoms with van der Waals surface area (Å²) >= 11 is 1.18. The Kier molecular flexibility index (Phi) is 5.65. The maximum Gasteiger partial charge on any atom is 0.275 e. The maximum absolute atomic E-state index is 12.8. The molecule has 0 N–H and O–H groups in total. The van der Waals surface area contributed by atoms with Crippen molar-refractivity contribution in [3.63, 3.8) is 0 Å². The Morgan fingerprint density at radius 3 is 2.81 bits per heavy atom. The van der Waals surface area contributed by atoms with Gasteiger partial charge in [0.05, 0.1) is 6.54 Å². The topological polar surface area (TPSA) is 92.2 Å². The van der Waals surface area contributed by atoms with Crippen LogP contribution in [0.5, 0.6) is 0 Å². The van der Waals surface area contributed by atoms with Crippen molar-refractivity contribution in [3.8, 4) is 0 Å². The molecule has 4 heterocycles. The summed E-state index contributed by atoms with van der Waals surface area (Å²) in [5, 5.41) is 5.60. The molecule has 1 fully saturated rings. The highest BCUT2D eigenvalue weighted by atomic mass is 32.1. The third-order valence-corrected chi connectivity index (χ3v) is 6.70. The third-order valence-electron chi connectivity index (χ3n) is 6.19. The van der Waals surface area contributed by atoms with Crippen molar-refractivity contribution in [1.82, 2.24) is 24.5 Å². The number of hydrogen-bond donors (Lipinski definition) is 0. The largest absolute Gasteiger partial charge is 0.336 e. The molecule has 5 rings (SSSR count). The number of likely N-dealkylation sites (tertiary alicyclic amines) is 1. The van der Waals surface area contributed by atoms with Crippen LogP contribution >= 0.6 is 11.5 Å². The fourth-order valence-electron chi connectivity index (χ4n) is 4.51. The van der Waals surface area contributed by atoms with E-state index in [1.807, 2.05) is 42.2 Å². The summed E-state index contributed by atoms with van der Waals surface area (Å²) in [7, 11) is 0. The van der Waals surface area contributed by atoms with E-state index >= 15 is 0 Å². The van der Waals surface area contributed by atoms with E-state index in [0.717, 1.165) is 35.5 Å². The van der Waals surface area contributed by atoms with E-state index in [0.29, 0.717) is 44.0 Å². The molecule has 2 aromatic heterocycles. The van der Waals surface area contributed by atoms with Crippen LogP contribution in [0, 0.1) is 6.92 Å². The van der Waals surface area contributed by atoms with E-state index in [-0.39, 0.29) is 17.7 Å². The standard InChI is InChI=1S/C23H24N6O2S/c1-15-18-9-10-20(30)29(12-16-6-3-2-4-7-16)22(18)25-21(24-15)17-8-5-11-28(13-17)23(31)19-14-32-27-26-19/h2-4,6-7,14,17H,5,8-13H2,1H3. The molecule has 2 amide bonds. The van der Waals surface area contributed by atoms with Gasteiger partial charge in [0.1, 0.15) is 11.6 Å². The molecule has 8 nitrogen and oxygen atoms in total. The van der Waals surface area contributed by atoms with Gasteiger partial charge >= 0.3 is 0 Å². The van der Waals surface area contributed by atoms with Gasteiger partial charge in [-0.1, -0.05) is 34.8 Å². The fourth-order valence-corrected chi connectivity index (χ4v) is 4.94. The van der Waals surface area contributed by atoms with Crippen LogP contribution in [0.2, 0.25) is 0 Å². The van der Waals surface area contributed by atoms with Crippen molar-refractivity contribution < 1.29 is 9.59 Å². The Morgan fingerprint density at radius 2 is 2.03 bits per heavy atom. The van der Waals surface area contributed by atoms with Crippen LogP contribution in [0.15, 0.2) is 35.7 Å². The van der Waals surface area contributed by atoms with Gasteiger partial charge in [-0.2, -0.15) is 0 Å². The lowest BCUT2D eigenvalue weighted by Gasteiger charge is -2.33. The van der Waals surface area contributed by atoms with Gasteiger partial charge in [-0.25, -0.2) is 9.97 Å². The lowest BCUT2D eigenvalue weighted by molar-refractivity contribution is -0.119. The number of fused-ring (bicyclic) bond motifs is 1. The minimum absolute atomic E-state index is 0.0268. The molecule has 0 radical (unpaired) electrons. The average Bonchev–Trinajstić information content (AvgIpc) is 3.36. The number of rotatable bonds is 4. The number of aromatic nitrogens is 4. The third kappa shape index (κ3) is 4.00. The van der Waals surface area contributed by atoms with Crippen molar-refractivity contribution in [2.24, 2.45) is 0 Å². The number of amides is 2. The SMILES string of the molecule is Cc1nc(C2CCCN(C(=O)c3csnn3)C2)nc2c1CCC(=O)N2Cc1ccccc1. The highest BCUT2D eigenvalue weighted by Crippen LogP contribution is 2.33. The van der Waals surface area contributed by atoms with Crippen LogP contribution in [0.4, 0.5) is 5.82 Å². The number of carbonyl (C=O) groups excluding carboxylic acids is 2. The van der Waals surface area contributed by atoms with Crippen LogP contribution in [-0.2, 0) is 17.8 Å². The molecule has 0 spiro atoms. The first-order chi connectivity index (χ1) is 15.6. The lowest BCUT2D eigenvalue weighted by atomic mass is 9.95. The minimum Gasteiger partial charge on any atom is -0.336 e. The summed E-state index contributed by atoms with van der Waals surface area (Å²) < 4.78 is 3.81. The first-order valence-electron chi connectivity index (χ1n) is 10.9. The summed E-state index contributed by atoms with van der Waals surface area (Å²) in [6.45, 7) is 3.72. The zero-order valence-corrected chi connectivity index (χ0v) is 18.7. The molecular formula is C23H24N6O2S. The van der Waals surface area contributed by atoms with Crippen molar-refractivity contribution >= 4 is 29.2 Å². The highest BCUT2D eigenvalue weighted by Gasteiger charge is 2.32. The smallest absolute Gasteiger partial charge is 0.275 e. The van der Waals surface area contributed by atoms with E-state index in [1.165, 1.54) is 11.5 Å². The number of hydrogen-bond acceptors (Lipinski definition) is 7. The second kappa shape index (κ2) is 8.74. The Hall–Kier alpha value is -3.20. The zero-order chi connectivity index (χ0) is 22.1. The van der Waals surface area contributed by atoms with Gasteiger partial charge in [0.2, 0.25) is 5.91 Å². The summed E-state index contributed by atoms with van der Waals surface area (Å²) in [5.74, 6) is 1.45. The first kappa shape index (κ1) is 20.7. The number of carbonyl (C=O) groups is 2. The summed E-state index contributed by atoms with van der Waals surface area (Å²) in [4.78, 5) is 38.9. The molecule has 0 bridgehead atoms. The van der Waals surface area contributed by atoms with Gasteiger partial charge in [0.25, 0.3) is 5.91 Å². The normalized spacial score (nSPS) is 18.5. The fraction of sp³-hybridized carbons (Fsp3) is 0.391. The number of nitrogens with zero attached hydrogens (tertiary/aromatic N) is 6.